The number of ketones is 1. The average molecular weight is 530 g/mol. The van der Waals surface area contributed by atoms with Crippen molar-refractivity contribution in [2.75, 3.05) is 11.5 Å². The zero-order valence-corrected chi connectivity index (χ0v) is 21.8. The Labute approximate surface area is 207 Å². The molecule has 0 spiro atoms. The number of carbonyl (C=O) groups excluding carboxylic acids is 2. The van der Waals surface area contributed by atoms with Crippen LogP contribution in [0.25, 0.3) is 0 Å². The van der Waals surface area contributed by atoms with Crippen LogP contribution in [-0.4, -0.2) is 18.4 Å². The van der Waals surface area contributed by atoms with E-state index in [1.54, 1.807) is 18.3 Å². The van der Waals surface area contributed by atoms with E-state index >= 15 is 0 Å². The molecule has 0 fully saturated rings. The number of benzene rings is 1. The van der Waals surface area contributed by atoms with Gasteiger partial charge in [0.15, 0.2) is 5.78 Å². The third kappa shape index (κ3) is 4.41. The van der Waals surface area contributed by atoms with E-state index in [1.165, 1.54) is 4.88 Å². The van der Waals surface area contributed by atoms with Gasteiger partial charge in [-0.2, -0.15) is 0 Å². The Balaban J connectivity index is 1.96. The predicted molar refractivity (Wildman–Crippen MR) is 136 cm³/mol. The molecule has 5 nitrogen and oxygen atoms in total. The molecule has 174 valence electrons. The van der Waals surface area contributed by atoms with Crippen molar-refractivity contribution in [3.63, 3.8) is 0 Å². The van der Waals surface area contributed by atoms with Gasteiger partial charge in [-0.3, -0.25) is 9.69 Å². The number of esters is 1. The topological polar surface area (TPSA) is 72.6 Å². The van der Waals surface area contributed by atoms with Gasteiger partial charge in [0, 0.05) is 37.6 Å². The molecule has 4 rings (SSSR count). The number of ether oxygens (including phenoxy) is 1. The van der Waals surface area contributed by atoms with E-state index in [-0.39, 0.29) is 17.8 Å². The number of hydrogen-bond acceptors (Lipinski definition) is 6. The van der Waals surface area contributed by atoms with Crippen LogP contribution >= 0.6 is 27.3 Å². The van der Waals surface area contributed by atoms with Crippen molar-refractivity contribution < 1.29 is 14.3 Å². The Hall–Kier alpha value is -2.38. The lowest BCUT2D eigenvalue weighted by Crippen LogP contribution is -2.40. The van der Waals surface area contributed by atoms with E-state index in [9.17, 15) is 9.59 Å². The van der Waals surface area contributed by atoms with E-state index in [4.69, 9.17) is 10.5 Å². The number of anilines is 1. The van der Waals surface area contributed by atoms with E-state index < -0.39 is 11.9 Å². The molecule has 2 N–H and O–H groups in total. The van der Waals surface area contributed by atoms with Crippen LogP contribution in [-0.2, 0) is 19.7 Å². The number of nitrogens with zero attached hydrogens (tertiary/aromatic N) is 1. The van der Waals surface area contributed by atoms with E-state index in [0.29, 0.717) is 23.4 Å². The van der Waals surface area contributed by atoms with Gasteiger partial charge in [0.25, 0.3) is 0 Å². The molecule has 1 atom stereocenters. The summed E-state index contributed by atoms with van der Waals surface area (Å²) in [4.78, 5) is 30.7. The summed E-state index contributed by atoms with van der Waals surface area (Å²) in [5, 5.41) is 0. The maximum atomic E-state index is 13.4. The molecule has 2 heterocycles. The third-order valence-electron chi connectivity index (χ3n) is 6.02. The molecular weight excluding hydrogens is 500 g/mol. The maximum absolute atomic E-state index is 13.4. The first-order chi connectivity index (χ1) is 15.6. The zero-order chi connectivity index (χ0) is 23.9. The van der Waals surface area contributed by atoms with Gasteiger partial charge >= 0.3 is 5.97 Å². The molecule has 0 saturated carbocycles. The SMILES string of the molecule is CCOC(=O)C1=C(N)N(c2ccc(Br)cc2)C2=C(C(=O)CCC2)[C@H]1c1ccc(C(C)(C)C)s1. The number of hydrogen-bond donors (Lipinski definition) is 1. The highest BCUT2D eigenvalue weighted by atomic mass is 79.9. The molecule has 0 unspecified atom stereocenters. The van der Waals surface area contributed by atoms with Crippen LogP contribution in [0.15, 0.2) is 63.5 Å². The fraction of sp³-hybridized carbons (Fsp3) is 0.385. The van der Waals surface area contributed by atoms with Gasteiger partial charge in [-0.15, -0.1) is 11.3 Å². The smallest absolute Gasteiger partial charge is 0.338 e. The largest absolute Gasteiger partial charge is 0.463 e. The Morgan fingerprint density at radius 2 is 1.88 bits per heavy atom. The van der Waals surface area contributed by atoms with Gasteiger partial charge in [0.1, 0.15) is 5.82 Å². The predicted octanol–water partition coefficient (Wildman–Crippen LogP) is 6.15. The quantitative estimate of drug-likeness (QED) is 0.481. The monoisotopic (exact) mass is 528 g/mol. The molecule has 2 aliphatic rings. The van der Waals surface area contributed by atoms with Gasteiger partial charge < -0.3 is 10.5 Å². The second kappa shape index (κ2) is 9.11. The number of carbonyl (C=O) groups is 2. The van der Waals surface area contributed by atoms with Crippen molar-refractivity contribution in [3.05, 3.63) is 73.3 Å². The van der Waals surface area contributed by atoms with Gasteiger partial charge in [-0.25, -0.2) is 4.79 Å². The highest BCUT2D eigenvalue weighted by molar-refractivity contribution is 9.10. The molecule has 1 aromatic carbocycles. The Morgan fingerprint density at radius 3 is 2.48 bits per heavy atom. The van der Waals surface area contributed by atoms with Gasteiger partial charge in [0.2, 0.25) is 0 Å². The van der Waals surface area contributed by atoms with Crippen molar-refractivity contribution >= 4 is 44.7 Å². The molecule has 0 bridgehead atoms. The Bertz CT molecular complexity index is 1150. The molecule has 0 saturated heterocycles. The average Bonchev–Trinajstić information content (AvgIpc) is 3.25. The Morgan fingerprint density at radius 1 is 1.18 bits per heavy atom. The summed E-state index contributed by atoms with van der Waals surface area (Å²) in [6, 6.07) is 11.9. The highest BCUT2D eigenvalue weighted by Gasteiger charge is 2.43. The highest BCUT2D eigenvalue weighted by Crippen LogP contribution is 2.49. The van der Waals surface area contributed by atoms with Crippen molar-refractivity contribution in [3.8, 4) is 0 Å². The van der Waals surface area contributed by atoms with Crippen LogP contribution in [0.3, 0.4) is 0 Å². The minimum Gasteiger partial charge on any atom is -0.463 e. The molecule has 7 heteroatoms. The summed E-state index contributed by atoms with van der Waals surface area (Å²) in [6.45, 7) is 8.49. The van der Waals surface area contributed by atoms with E-state index in [2.05, 4.69) is 42.8 Å². The first-order valence-electron chi connectivity index (χ1n) is 11.2. The van der Waals surface area contributed by atoms with Crippen LogP contribution in [0.4, 0.5) is 5.69 Å². The van der Waals surface area contributed by atoms with Crippen LogP contribution in [0.1, 0.15) is 62.6 Å². The molecule has 2 aromatic rings. The Kier molecular flexibility index (Phi) is 6.56. The molecule has 0 amide bonds. The van der Waals surface area contributed by atoms with E-state index in [1.807, 2.05) is 35.2 Å². The molecule has 33 heavy (non-hydrogen) atoms. The summed E-state index contributed by atoms with van der Waals surface area (Å²) < 4.78 is 6.40. The summed E-state index contributed by atoms with van der Waals surface area (Å²) in [6.07, 6.45) is 1.95. The number of rotatable bonds is 4. The van der Waals surface area contributed by atoms with Gasteiger partial charge in [-0.05, 0) is 61.6 Å². The standard InChI is InChI=1S/C26H29BrN2O3S/c1-5-32-25(31)23-22(19-13-14-20(33-19)26(2,3)4)21-17(7-6-8-18(21)30)29(24(23)28)16-11-9-15(27)10-12-16/h9-14,22H,5-8,28H2,1-4H3/t22-/m1/s1. The molecule has 1 aliphatic carbocycles. The lowest BCUT2D eigenvalue weighted by molar-refractivity contribution is -0.138. The molecular formula is C26H29BrN2O3S. The minimum atomic E-state index is -0.514. The molecule has 0 radical (unpaired) electrons. The van der Waals surface area contributed by atoms with Crippen molar-refractivity contribution in [2.45, 2.75) is 58.3 Å². The van der Waals surface area contributed by atoms with Crippen molar-refractivity contribution in [1.82, 2.24) is 0 Å². The lowest BCUT2D eigenvalue weighted by Gasteiger charge is -2.40. The number of thiophene rings is 1. The van der Waals surface area contributed by atoms with Gasteiger partial charge in [0.05, 0.1) is 18.1 Å². The van der Waals surface area contributed by atoms with Gasteiger partial charge in [-0.1, -0.05) is 36.7 Å². The zero-order valence-electron chi connectivity index (χ0n) is 19.4. The van der Waals surface area contributed by atoms with Crippen molar-refractivity contribution in [1.29, 1.82) is 0 Å². The van der Waals surface area contributed by atoms with Crippen molar-refractivity contribution in [2.24, 2.45) is 5.73 Å². The fourth-order valence-electron chi connectivity index (χ4n) is 4.48. The number of allylic oxidation sites excluding steroid dienone is 2. The second-order valence-electron chi connectivity index (χ2n) is 9.35. The fourth-order valence-corrected chi connectivity index (χ4v) is 5.93. The first kappa shape index (κ1) is 23.8. The third-order valence-corrected chi connectivity index (χ3v) is 8.13. The normalized spacial score (nSPS) is 19.1. The number of Topliss-reactive ketones (excluding diaryl/α,β-unsaturated/α-hetero) is 1. The molecule has 1 aliphatic heterocycles. The lowest BCUT2D eigenvalue weighted by atomic mass is 9.77. The maximum Gasteiger partial charge on any atom is 0.338 e. The number of nitrogens with two attached hydrogens (primary N) is 1. The summed E-state index contributed by atoms with van der Waals surface area (Å²) in [7, 11) is 0. The number of halogens is 1. The van der Waals surface area contributed by atoms with Crippen LogP contribution in [0.2, 0.25) is 0 Å². The first-order valence-corrected chi connectivity index (χ1v) is 12.8. The summed E-state index contributed by atoms with van der Waals surface area (Å²) in [5.74, 6) is -0.583. The van der Waals surface area contributed by atoms with E-state index in [0.717, 1.165) is 33.6 Å². The minimum absolute atomic E-state index is 0.0336. The second-order valence-corrected chi connectivity index (χ2v) is 11.4. The van der Waals surface area contributed by atoms with Crippen LogP contribution in [0.5, 0.6) is 0 Å². The van der Waals surface area contributed by atoms with Crippen LogP contribution in [0, 0.1) is 0 Å². The summed E-state index contributed by atoms with van der Waals surface area (Å²) >= 11 is 5.11. The summed E-state index contributed by atoms with van der Waals surface area (Å²) in [5.41, 5.74) is 9.43. The molecule has 1 aromatic heterocycles. The van der Waals surface area contributed by atoms with Crippen LogP contribution < -0.4 is 10.6 Å².